The number of methoxy groups -OCH3 is 1. The molecule has 2 amide bonds. The predicted molar refractivity (Wildman–Crippen MR) is 73.5 cm³/mol. The van der Waals surface area contributed by atoms with E-state index in [1.165, 1.54) is 25.3 Å². The summed E-state index contributed by atoms with van der Waals surface area (Å²) in [6, 6.07) is 4.35. The van der Waals surface area contributed by atoms with E-state index in [1.54, 1.807) is 0 Å². The molecule has 0 saturated heterocycles. The van der Waals surface area contributed by atoms with Crippen LogP contribution < -0.4 is 16.4 Å². The molecule has 108 valence electrons. The van der Waals surface area contributed by atoms with E-state index in [1.807, 2.05) is 0 Å². The van der Waals surface area contributed by atoms with E-state index < -0.39 is 17.8 Å². The molecule has 1 rings (SSSR count). The Morgan fingerprint density at radius 3 is 2.55 bits per heavy atom. The van der Waals surface area contributed by atoms with Crippen molar-refractivity contribution in [3.05, 3.63) is 28.8 Å². The third-order valence-corrected chi connectivity index (χ3v) is 2.60. The largest absolute Gasteiger partial charge is 0.465 e. The van der Waals surface area contributed by atoms with Gasteiger partial charge in [-0.05, 0) is 18.2 Å². The topological polar surface area (TPSA) is 111 Å². The Hall–Kier alpha value is -2.12. The van der Waals surface area contributed by atoms with Gasteiger partial charge in [-0.2, -0.15) is 0 Å². The number of carbonyl (C=O) groups excluding carboxylic acids is 3. The van der Waals surface area contributed by atoms with Crippen molar-refractivity contribution in [3.8, 4) is 0 Å². The molecule has 0 aliphatic heterocycles. The summed E-state index contributed by atoms with van der Waals surface area (Å²) in [7, 11) is 1.24. The lowest BCUT2D eigenvalue weighted by Gasteiger charge is -2.08. The number of carbonyl (C=O) groups is 3. The van der Waals surface area contributed by atoms with Gasteiger partial charge < -0.3 is 21.1 Å². The van der Waals surface area contributed by atoms with Crippen LogP contribution in [0, 0.1) is 0 Å². The van der Waals surface area contributed by atoms with Gasteiger partial charge in [0.15, 0.2) is 0 Å². The van der Waals surface area contributed by atoms with E-state index in [2.05, 4.69) is 15.4 Å². The van der Waals surface area contributed by atoms with Crippen molar-refractivity contribution in [2.24, 2.45) is 5.73 Å². The molecule has 0 heterocycles. The van der Waals surface area contributed by atoms with Crippen LogP contribution in [0.2, 0.25) is 5.02 Å². The number of amides is 2. The minimum Gasteiger partial charge on any atom is -0.465 e. The van der Waals surface area contributed by atoms with E-state index in [-0.39, 0.29) is 23.7 Å². The SMILES string of the molecule is COC(=O)c1ccc(NC(=O)CNC(=O)CN)cc1Cl. The number of rotatable bonds is 5. The van der Waals surface area contributed by atoms with Crippen molar-refractivity contribution >= 4 is 35.1 Å². The van der Waals surface area contributed by atoms with Crippen LogP contribution in [0.1, 0.15) is 10.4 Å². The third kappa shape index (κ3) is 4.52. The Bertz CT molecular complexity index is 533. The first kappa shape index (κ1) is 15.9. The molecule has 0 aliphatic carbocycles. The number of hydrogen-bond acceptors (Lipinski definition) is 5. The molecule has 0 atom stereocenters. The number of nitrogens with one attached hydrogen (secondary N) is 2. The summed E-state index contributed by atoms with van der Waals surface area (Å²) in [6.45, 7) is -0.390. The van der Waals surface area contributed by atoms with Gasteiger partial charge in [-0.25, -0.2) is 4.79 Å². The summed E-state index contributed by atoms with van der Waals surface area (Å²) in [5.74, 6) is -1.43. The Kier molecular flexibility index (Phi) is 5.95. The highest BCUT2D eigenvalue weighted by molar-refractivity contribution is 6.34. The molecule has 7 nitrogen and oxygen atoms in total. The van der Waals surface area contributed by atoms with Crippen molar-refractivity contribution < 1.29 is 19.1 Å². The van der Waals surface area contributed by atoms with Crippen LogP contribution in [0.5, 0.6) is 0 Å². The highest BCUT2D eigenvalue weighted by Crippen LogP contribution is 2.21. The number of esters is 1. The summed E-state index contributed by atoms with van der Waals surface area (Å²) in [5, 5.41) is 4.99. The predicted octanol–water partition coefficient (Wildman–Crippen LogP) is 0.140. The van der Waals surface area contributed by atoms with Gasteiger partial charge in [0.1, 0.15) is 0 Å². The number of benzene rings is 1. The average Bonchev–Trinajstić information content (AvgIpc) is 2.44. The molecule has 0 spiro atoms. The standard InChI is InChI=1S/C12H14ClN3O4/c1-20-12(19)8-3-2-7(4-9(8)13)16-11(18)6-15-10(17)5-14/h2-4H,5-6,14H2,1H3,(H,15,17)(H,16,18). The van der Waals surface area contributed by atoms with Crippen molar-refractivity contribution in [1.82, 2.24) is 5.32 Å². The normalized spacial score (nSPS) is 9.75. The lowest BCUT2D eigenvalue weighted by molar-refractivity contribution is -0.123. The third-order valence-electron chi connectivity index (χ3n) is 2.29. The summed E-state index contributed by atoms with van der Waals surface area (Å²) in [5.41, 5.74) is 5.68. The molecule has 0 saturated carbocycles. The summed E-state index contributed by atoms with van der Waals surface area (Å²) in [6.07, 6.45) is 0. The van der Waals surface area contributed by atoms with Crippen molar-refractivity contribution in [2.75, 3.05) is 25.5 Å². The van der Waals surface area contributed by atoms with Crippen molar-refractivity contribution in [3.63, 3.8) is 0 Å². The van der Waals surface area contributed by atoms with Gasteiger partial charge in [-0.1, -0.05) is 11.6 Å². The molecule has 0 radical (unpaired) electrons. The molecule has 4 N–H and O–H groups in total. The Morgan fingerprint density at radius 2 is 2.00 bits per heavy atom. The van der Waals surface area contributed by atoms with Crippen LogP contribution in [0.4, 0.5) is 5.69 Å². The molecule has 0 unspecified atom stereocenters. The molecule has 0 fully saturated rings. The molecule has 20 heavy (non-hydrogen) atoms. The van der Waals surface area contributed by atoms with Crippen LogP contribution in [0.3, 0.4) is 0 Å². The van der Waals surface area contributed by atoms with Gasteiger partial charge in [-0.3, -0.25) is 9.59 Å². The molecular formula is C12H14ClN3O4. The highest BCUT2D eigenvalue weighted by Gasteiger charge is 2.12. The smallest absolute Gasteiger partial charge is 0.339 e. The van der Waals surface area contributed by atoms with Gasteiger partial charge >= 0.3 is 5.97 Å². The molecule has 0 aliphatic rings. The monoisotopic (exact) mass is 299 g/mol. The van der Waals surface area contributed by atoms with Crippen molar-refractivity contribution in [1.29, 1.82) is 0 Å². The number of halogens is 1. The number of hydrogen-bond donors (Lipinski definition) is 3. The lowest BCUT2D eigenvalue weighted by atomic mass is 10.2. The summed E-state index contributed by atoms with van der Waals surface area (Å²) < 4.78 is 4.55. The zero-order chi connectivity index (χ0) is 15.1. The first-order valence-electron chi connectivity index (χ1n) is 5.62. The summed E-state index contributed by atoms with van der Waals surface area (Å²) in [4.78, 5) is 33.7. The van der Waals surface area contributed by atoms with Gasteiger partial charge in [0.2, 0.25) is 11.8 Å². The molecule has 1 aromatic carbocycles. The maximum Gasteiger partial charge on any atom is 0.339 e. The Labute approximate surface area is 120 Å². The highest BCUT2D eigenvalue weighted by atomic mass is 35.5. The van der Waals surface area contributed by atoms with Crippen LogP contribution in [-0.2, 0) is 14.3 Å². The maximum absolute atomic E-state index is 11.5. The second-order valence-electron chi connectivity index (χ2n) is 3.72. The number of ether oxygens (including phenoxy) is 1. The molecule has 0 aromatic heterocycles. The van der Waals surface area contributed by atoms with E-state index in [0.717, 1.165) is 0 Å². The Morgan fingerprint density at radius 1 is 1.30 bits per heavy atom. The molecular weight excluding hydrogens is 286 g/mol. The fourth-order valence-electron chi connectivity index (χ4n) is 1.32. The minimum atomic E-state index is -0.567. The quantitative estimate of drug-likeness (QED) is 0.670. The fourth-order valence-corrected chi connectivity index (χ4v) is 1.58. The first-order chi connectivity index (χ1) is 9.47. The summed E-state index contributed by atoms with van der Waals surface area (Å²) >= 11 is 5.90. The second kappa shape index (κ2) is 7.46. The number of nitrogens with two attached hydrogens (primary N) is 1. The zero-order valence-electron chi connectivity index (χ0n) is 10.7. The minimum absolute atomic E-state index is 0.153. The average molecular weight is 300 g/mol. The van der Waals surface area contributed by atoms with Gasteiger partial charge in [-0.15, -0.1) is 0 Å². The van der Waals surface area contributed by atoms with E-state index in [4.69, 9.17) is 17.3 Å². The molecule has 8 heteroatoms. The zero-order valence-corrected chi connectivity index (χ0v) is 11.5. The fraction of sp³-hybridized carbons (Fsp3) is 0.250. The second-order valence-corrected chi connectivity index (χ2v) is 4.12. The molecule has 1 aromatic rings. The van der Waals surface area contributed by atoms with E-state index >= 15 is 0 Å². The van der Waals surface area contributed by atoms with Crippen LogP contribution in [-0.4, -0.2) is 38.0 Å². The van der Waals surface area contributed by atoms with Gasteiger partial charge in [0.25, 0.3) is 0 Å². The van der Waals surface area contributed by atoms with Gasteiger partial charge in [0.05, 0.1) is 30.8 Å². The lowest BCUT2D eigenvalue weighted by Crippen LogP contribution is -2.36. The van der Waals surface area contributed by atoms with Crippen LogP contribution in [0.25, 0.3) is 0 Å². The first-order valence-corrected chi connectivity index (χ1v) is 6.00. The van der Waals surface area contributed by atoms with E-state index in [0.29, 0.717) is 5.69 Å². The maximum atomic E-state index is 11.5. The number of anilines is 1. The van der Waals surface area contributed by atoms with E-state index in [9.17, 15) is 14.4 Å². The van der Waals surface area contributed by atoms with Gasteiger partial charge in [0, 0.05) is 5.69 Å². The van der Waals surface area contributed by atoms with Crippen LogP contribution in [0.15, 0.2) is 18.2 Å². The molecule has 0 bridgehead atoms. The Balaban J connectivity index is 2.65. The van der Waals surface area contributed by atoms with Crippen LogP contribution >= 0.6 is 11.6 Å². The van der Waals surface area contributed by atoms with Crippen molar-refractivity contribution in [2.45, 2.75) is 0 Å².